The number of nitrogens with zero attached hydrogens (tertiary/aromatic N) is 3. The molecule has 2 fully saturated rings. The first-order valence-electron chi connectivity index (χ1n) is 7.20. The largest absolute Gasteiger partial charge is 0.339 e. The minimum atomic E-state index is 0.0888. The van der Waals surface area contributed by atoms with Crippen LogP contribution in [0.4, 0.5) is 0 Å². The number of rotatable bonds is 3. The zero-order valence-corrected chi connectivity index (χ0v) is 12.7. The lowest BCUT2D eigenvalue weighted by molar-refractivity contribution is -0.131. The number of carbonyl (C=O) groups is 1. The van der Waals surface area contributed by atoms with Crippen LogP contribution in [0.5, 0.6) is 0 Å². The summed E-state index contributed by atoms with van der Waals surface area (Å²) in [4.78, 5) is 14.3. The molecule has 0 radical (unpaired) electrons. The highest BCUT2D eigenvalue weighted by Crippen LogP contribution is 2.40. The molecule has 1 saturated carbocycles. The molecule has 1 saturated heterocycles. The molecule has 2 heterocycles. The number of likely N-dealkylation sites (tertiary alicyclic amines) is 1. The molecular formula is C14H21ClN4O. The van der Waals surface area contributed by atoms with E-state index in [9.17, 15) is 4.79 Å². The average molecular weight is 297 g/mol. The molecule has 20 heavy (non-hydrogen) atoms. The van der Waals surface area contributed by atoms with Crippen molar-refractivity contribution >= 4 is 17.5 Å². The van der Waals surface area contributed by atoms with Gasteiger partial charge in [0.15, 0.2) is 0 Å². The Morgan fingerprint density at radius 1 is 1.40 bits per heavy atom. The molecule has 0 aromatic carbocycles. The molecular weight excluding hydrogens is 276 g/mol. The van der Waals surface area contributed by atoms with Gasteiger partial charge >= 0.3 is 0 Å². The van der Waals surface area contributed by atoms with E-state index in [2.05, 4.69) is 5.10 Å². The van der Waals surface area contributed by atoms with Crippen LogP contribution in [-0.2, 0) is 11.3 Å². The Hall–Kier alpha value is -1.07. The van der Waals surface area contributed by atoms with Crippen molar-refractivity contribution in [2.75, 3.05) is 13.1 Å². The molecule has 110 valence electrons. The summed E-state index contributed by atoms with van der Waals surface area (Å²) in [6.07, 6.45) is 2.54. The summed E-state index contributed by atoms with van der Waals surface area (Å²) in [5, 5.41) is 4.96. The van der Waals surface area contributed by atoms with Gasteiger partial charge in [-0.2, -0.15) is 5.10 Å². The third kappa shape index (κ3) is 2.44. The van der Waals surface area contributed by atoms with E-state index >= 15 is 0 Å². The van der Waals surface area contributed by atoms with E-state index < -0.39 is 0 Å². The Labute approximate surface area is 124 Å². The first-order valence-corrected chi connectivity index (χ1v) is 7.58. The van der Waals surface area contributed by atoms with Gasteiger partial charge in [0.1, 0.15) is 6.54 Å². The Morgan fingerprint density at radius 3 is 2.65 bits per heavy atom. The van der Waals surface area contributed by atoms with Crippen LogP contribution in [0.1, 0.15) is 24.2 Å². The monoisotopic (exact) mass is 296 g/mol. The van der Waals surface area contributed by atoms with Crippen LogP contribution in [0.2, 0.25) is 5.02 Å². The van der Waals surface area contributed by atoms with E-state index in [-0.39, 0.29) is 18.5 Å². The molecule has 2 aliphatic rings. The van der Waals surface area contributed by atoms with Crippen LogP contribution in [0, 0.1) is 25.7 Å². The third-order valence-electron chi connectivity index (χ3n) is 4.57. The molecule has 5 nitrogen and oxygen atoms in total. The normalized spacial score (nSPS) is 26.3. The van der Waals surface area contributed by atoms with Crippen LogP contribution in [0.3, 0.4) is 0 Å². The maximum absolute atomic E-state index is 12.4. The quantitative estimate of drug-likeness (QED) is 0.916. The highest BCUT2D eigenvalue weighted by atomic mass is 35.5. The summed E-state index contributed by atoms with van der Waals surface area (Å²) in [6.45, 7) is 5.47. The van der Waals surface area contributed by atoms with Crippen LogP contribution in [-0.4, -0.2) is 39.7 Å². The van der Waals surface area contributed by atoms with E-state index in [1.54, 1.807) is 4.68 Å². The number of halogens is 1. The van der Waals surface area contributed by atoms with E-state index in [1.165, 1.54) is 12.8 Å². The van der Waals surface area contributed by atoms with Crippen molar-refractivity contribution in [3.05, 3.63) is 16.4 Å². The van der Waals surface area contributed by atoms with E-state index in [0.717, 1.165) is 23.9 Å². The topological polar surface area (TPSA) is 64.2 Å². The zero-order valence-electron chi connectivity index (χ0n) is 12.0. The number of aryl methyl sites for hydroxylation is 1. The summed E-state index contributed by atoms with van der Waals surface area (Å²) in [5.74, 6) is 1.32. The summed E-state index contributed by atoms with van der Waals surface area (Å²) in [6, 6.07) is 0.135. The van der Waals surface area contributed by atoms with Crippen molar-refractivity contribution in [2.24, 2.45) is 17.6 Å². The second-order valence-corrected chi connectivity index (χ2v) is 6.48. The minimum Gasteiger partial charge on any atom is -0.339 e. The zero-order chi connectivity index (χ0) is 14.4. The average Bonchev–Trinajstić information content (AvgIpc) is 3.13. The number of hydrogen-bond donors (Lipinski definition) is 1. The smallest absolute Gasteiger partial charge is 0.244 e. The second-order valence-electron chi connectivity index (χ2n) is 6.11. The fourth-order valence-corrected chi connectivity index (χ4v) is 3.27. The number of hydrogen-bond acceptors (Lipinski definition) is 3. The second kappa shape index (κ2) is 5.04. The Kier molecular flexibility index (Phi) is 3.50. The Morgan fingerprint density at radius 2 is 2.10 bits per heavy atom. The number of carbonyl (C=O) groups excluding carboxylic acids is 1. The lowest BCUT2D eigenvalue weighted by atomic mass is 9.99. The van der Waals surface area contributed by atoms with Gasteiger partial charge in [-0.3, -0.25) is 9.48 Å². The summed E-state index contributed by atoms with van der Waals surface area (Å²) in [5.41, 5.74) is 7.78. The van der Waals surface area contributed by atoms with Gasteiger partial charge in [-0.05, 0) is 38.5 Å². The maximum atomic E-state index is 12.4. The van der Waals surface area contributed by atoms with Crippen molar-refractivity contribution in [1.82, 2.24) is 14.7 Å². The van der Waals surface area contributed by atoms with Crippen LogP contribution < -0.4 is 5.73 Å². The molecule has 1 aromatic rings. The van der Waals surface area contributed by atoms with Crippen molar-refractivity contribution in [2.45, 2.75) is 39.3 Å². The van der Waals surface area contributed by atoms with Crippen LogP contribution in [0.25, 0.3) is 0 Å². The predicted octanol–water partition coefficient (Wildman–Crippen LogP) is 1.35. The van der Waals surface area contributed by atoms with Crippen LogP contribution >= 0.6 is 11.6 Å². The molecule has 3 rings (SSSR count). The molecule has 2 atom stereocenters. The van der Waals surface area contributed by atoms with Gasteiger partial charge in [0, 0.05) is 19.1 Å². The molecule has 1 aliphatic heterocycles. The third-order valence-corrected chi connectivity index (χ3v) is 5.12. The summed E-state index contributed by atoms with van der Waals surface area (Å²) < 4.78 is 1.69. The van der Waals surface area contributed by atoms with Gasteiger partial charge < -0.3 is 10.6 Å². The molecule has 0 bridgehead atoms. The first kappa shape index (κ1) is 13.9. The van der Waals surface area contributed by atoms with Gasteiger partial charge in [0.2, 0.25) is 5.91 Å². The summed E-state index contributed by atoms with van der Waals surface area (Å²) >= 11 is 6.11. The molecule has 1 aliphatic carbocycles. The van der Waals surface area contributed by atoms with Crippen LogP contribution in [0.15, 0.2) is 0 Å². The lowest BCUT2D eigenvalue weighted by Gasteiger charge is -2.16. The van der Waals surface area contributed by atoms with Crippen molar-refractivity contribution < 1.29 is 4.79 Å². The Balaban J connectivity index is 1.66. The standard InChI is InChI=1S/C14H21ClN4O/c1-8-14(15)9(2)19(17-8)7-13(20)18-5-11(10-3-4-10)12(16)6-18/h10-12H,3-7,16H2,1-2H3. The molecule has 2 N–H and O–H groups in total. The van der Waals surface area contributed by atoms with Crippen molar-refractivity contribution in [3.8, 4) is 0 Å². The predicted molar refractivity (Wildman–Crippen MR) is 77.5 cm³/mol. The molecule has 0 spiro atoms. The SMILES string of the molecule is Cc1nn(CC(=O)N2CC(N)C(C3CC3)C2)c(C)c1Cl. The highest BCUT2D eigenvalue weighted by molar-refractivity contribution is 6.31. The minimum absolute atomic E-state index is 0.0888. The van der Waals surface area contributed by atoms with Gasteiger partial charge in [-0.15, -0.1) is 0 Å². The van der Waals surface area contributed by atoms with E-state index in [0.29, 0.717) is 17.5 Å². The summed E-state index contributed by atoms with van der Waals surface area (Å²) in [7, 11) is 0. The lowest BCUT2D eigenvalue weighted by Crippen LogP contribution is -2.34. The fraction of sp³-hybridized carbons (Fsp3) is 0.714. The fourth-order valence-electron chi connectivity index (χ4n) is 3.14. The number of nitrogens with two attached hydrogens (primary N) is 1. The molecule has 1 amide bonds. The molecule has 6 heteroatoms. The maximum Gasteiger partial charge on any atom is 0.244 e. The van der Waals surface area contributed by atoms with Crippen molar-refractivity contribution in [1.29, 1.82) is 0 Å². The van der Waals surface area contributed by atoms with Gasteiger partial charge in [-0.25, -0.2) is 0 Å². The van der Waals surface area contributed by atoms with Crippen molar-refractivity contribution in [3.63, 3.8) is 0 Å². The first-order chi connectivity index (χ1) is 9.47. The van der Waals surface area contributed by atoms with Gasteiger partial charge in [0.25, 0.3) is 0 Å². The van der Waals surface area contributed by atoms with E-state index in [1.807, 2.05) is 18.7 Å². The van der Waals surface area contributed by atoms with Gasteiger partial charge in [0.05, 0.1) is 16.4 Å². The molecule has 2 unspecified atom stereocenters. The van der Waals surface area contributed by atoms with Gasteiger partial charge in [-0.1, -0.05) is 11.6 Å². The number of amides is 1. The number of aromatic nitrogens is 2. The highest BCUT2D eigenvalue weighted by Gasteiger charge is 2.42. The molecule has 1 aromatic heterocycles. The Bertz CT molecular complexity index is 538. The van der Waals surface area contributed by atoms with E-state index in [4.69, 9.17) is 17.3 Å².